The molecule has 152 valence electrons. The fourth-order valence-corrected chi connectivity index (χ4v) is 4.50. The zero-order valence-corrected chi connectivity index (χ0v) is 18.7. The highest BCUT2D eigenvalue weighted by molar-refractivity contribution is 9.10. The Morgan fingerprint density at radius 3 is 2.27 bits per heavy atom. The number of anilines is 1. The first kappa shape index (κ1) is 20.7. The summed E-state index contributed by atoms with van der Waals surface area (Å²) in [5, 5.41) is 3.54. The highest BCUT2D eigenvalue weighted by Crippen LogP contribution is 2.33. The summed E-state index contributed by atoms with van der Waals surface area (Å²) in [6, 6.07) is 22.7. The number of nitrogens with one attached hydrogen (secondary N) is 1. The molecule has 0 spiro atoms. The van der Waals surface area contributed by atoms with E-state index in [0.717, 1.165) is 10.0 Å². The summed E-state index contributed by atoms with van der Waals surface area (Å²) in [7, 11) is -3.87. The molecule has 4 aromatic rings. The molecular weight excluding hydrogens is 488 g/mol. The number of benzene rings is 3. The van der Waals surface area contributed by atoms with Gasteiger partial charge in [-0.1, -0.05) is 57.9 Å². The first-order valence-corrected chi connectivity index (χ1v) is 11.6. The summed E-state index contributed by atoms with van der Waals surface area (Å²) in [5.74, 6) is 0.308. The van der Waals surface area contributed by atoms with Crippen LogP contribution in [-0.4, -0.2) is 13.4 Å². The summed E-state index contributed by atoms with van der Waals surface area (Å²) in [5.41, 5.74) is 1.59. The second kappa shape index (κ2) is 8.63. The van der Waals surface area contributed by atoms with Crippen molar-refractivity contribution in [2.75, 3.05) is 5.32 Å². The van der Waals surface area contributed by atoms with E-state index in [1.54, 1.807) is 42.5 Å². The van der Waals surface area contributed by atoms with Crippen molar-refractivity contribution in [2.45, 2.75) is 16.5 Å². The normalized spacial score (nSPS) is 11.4. The zero-order chi connectivity index (χ0) is 21.1. The smallest absolute Gasteiger partial charge is 0.234 e. The maximum Gasteiger partial charge on any atom is 0.234 e. The van der Waals surface area contributed by atoms with Crippen LogP contribution in [0.4, 0.5) is 5.88 Å². The average molecular weight is 504 g/mol. The first-order chi connectivity index (χ1) is 14.4. The molecule has 0 saturated carbocycles. The number of hydrogen-bond acceptors (Lipinski definition) is 5. The molecule has 0 saturated heterocycles. The van der Waals surface area contributed by atoms with Crippen LogP contribution in [0.2, 0.25) is 5.02 Å². The van der Waals surface area contributed by atoms with Crippen LogP contribution in [0.5, 0.6) is 0 Å². The van der Waals surface area contributed by atoms with Crippen LogP contribution in [0.1, 0.15) is 5.56 Å². The molecule has 0 radical (unpaired) electrons. The Bertz CT molecular complexity index is 1260. The maximum absolute atomic E-state index is 13.2. The van der Waals surface area contributed by atoms with Crippen LogP contribution >= 0.6 is 27.5 Å². The van der Waals surface area contributed by atoms with Gasteiger partial charge in [0.1, 0.15) is 0 Å². The predicted octanol–water partition coefficient (Wildman–Crippen LogP) is 6.20. The van der Waals surface area contributed by atoms with Crippen LogP contribution in [0.25, 0.3) is 11.5 Å². The minimum absolute atomic E-state index is 0.0896. The molecule has 0 aliphatic heterocycles. The lowest BCUT2D eigenvalue weighted by atomic mass is 10.2. The molecular formula is C22H16BrClN2O3S. The van der Waals surface area contributed by atoms with Gasteiger partial charge in [0.2, 0.25) is 26.6 Å². The number of hydrogen-bond donors (Lipinski definition) is 1. The van der Waals surface area contributed by atoms with Crippen molar-refractivity contribution in [2.24, 2.45) is 0 Å². The van der Waals surface area contributed by atoms with Gasteiger partial charge < -0.3 is 9.73 Å². The molecule has 1 heterocycles. The number of rotatable bonds is 6. The van der Waals surface area contributed by atoms with Crippen LogP contribution in [0.15, 0.2) is 97.7 Å². The Morgan fingerprint density at radius 2 is 1.60 bits per heavy atom. The number of oxazole rings is 1. The Hall–Kier alpha value is -2.61. The number of nitrogens with zero attached hydrogens (tertiary/aromatic N) is 1. The second-order valence-corrected chi connectivity index (χ2v) is 9.67. The van der Waals surface area contributed by atoms with Gasteiger partial charge in [0.25, 0.3) is 0 Å². The van der Waals surface area contributed by atoms with Gasteiger partial charge in [0.05, 0.1) is 4.90 Å². The molecule has 8 heteroatoms. The summed E-state index contributed by atoms with van der Waals surface area (Å²) in [6.07, 6.45) is 0. The summed E-state index contributed by atoms with van der Waals surface area (Å²) >= 11 is 9.32. The molecule has 1 N–H and O–H groups in total. The topological polar surface area (TPSA) is 72.2 Å². The van der Waals surface area contributed by atoms with Gasteiger partial charge in [0.15, 0.2) is 0 Å². The van der Waals surface area contributed by atoms with Gasteiger partial charge in [-0.2, -0.15) is 4.98 Å². The van der Waals surface area contributed by atoms with Crippen molar-refractivity contribution in [3.05, 3.63) is 93.9 Å². The van der Waals surface area contributed by atoms with Crippen LogP contribution < -0.4 is 5.32 Å². The lowest BCUT2D eigenvalue weighted by molar-refractivity contribution is 0.576. The molecule has 30 heavy (non-hydrogen) atoms. The quantitative estimate of drug-likeness (QED) is 0.339. The van der Waals surface area contributed by atoms with E-state index in [1.165, 1.54) is 12.1 Å². The molecule has 0 unspecified atom stereocenters. The fraction of sp³-hybridized carbons (Fsp3) is 0.0455. The van der Waals surface area contributed by atoms with Crippen molar-refractivity contribution in [3.63, 3.8) is 0 Å². The second-order valence-electron chi connectivity index (χ2n) is 6.46. The van der Waals surface area contributed by atoms with E-state index in [1.807, 2.05) is 24.3 Å². The Morgan fingerprint density at radius 1 is 0.933 bits per heavy atom. The Kier molecular flexibility index (Phi) is 5.94. The highest BCUT2D eigenvalue weighted by Gasteiger charge is 2.28. The van der Waals surface area contributed by atoms with E-state index in [2.05, 4.69) is 26.2 Å². The number of aromatic nitrogens is 1. The third kappa shape index (κ3) is 4.43. The third-order valence-electron chi connectivity index (χ3n) is 4.36. The van der Waals surface area contributed by atoms with Gasteiger partial charge in [-0.15, -0.1) is 0 Å². The lowest BCUT2D eigenvalue weighted by Crippen LogP contribution is -2.07. The number of sulfone groups is 1. The molecule has 3 aromatic carbocycles. The minimum atomic E-state index is -3.87. The van der Waals surface area contributed by atoms with Crippen molar-refractivity contribution in [3.8, 4) is 11.5 Å². The van der Waals surface area contributed by atoms with Gasteiger partial charge in [-0.05, 0) is 54.1 Å². The molecule has 0 aliphatic rings. The molecule has 0 aliphatic carbocycles. The largest absolute Gasteiger partial charge is 0.419 e. The van der Waals surface area contributed by atoms with Crippen molar-refractivity contribution < 1.29 is 12.8 Å². The van der Waals surface area contributed by atoms with Gasteiger partial charge in [-0.25, -0.2) is 8.42 Å². The van der Waals surface area contributed by atoms with Gasteiger partial charge in [0, 0.05) is 21.6 Å². The lowest BCUT2D eigenvalue weighted by Gasteiger charge is -2.06. The molecule has 0 bridgehead atoms. The first-order valence-electron chi connectivity index (χ1n) is 8.99. The van der Waals surface area contributed by atoms with Crippen molar-refractivity contribution in [1.82, 2.24) is 4.98 Å². The van der Waals surface area contributed by atoms with Crippen molar-refractivity contribution in [1.29, 1.82) is 0 Å². The minimum Gasteiger partial charge on any atom is -0.419 e. The monoisotopic (exact) mass is 502 g/mol. The number of halogens is 2. The third-order valence-corrected chi connectivity index (χ3v) is 6.82. The van der Waals surface area contributed by atoms with Gasteiger partial charge >= 0.3 is 0 Å². The van der Waals surface area contributed by atoms with E-state index < -0.39 is 9.84 Å². The SMILES string of the molecule is O=S(=O)(c1ccccc1)c1nc(-c2ccc(Br)cc2)oc1NCc1ccc(Cl)cc1. The molecule has 0 atom stereocenters. The van der Waals surface area contributed by atoms with Gasteiger partial charge in [-0.3, -0.25) is 0 Å². The Balaban J connectivity index is 1.74. The van der Waals surface area contributed by atoms with E-state index in [9.17, 15) is 8.42 Å². The summed E-state index contributed by atoms with van der Waals surface area (Å²) in [6.45, 7) is 0.351. The maximum atomic E-state index is 13.2. The molecule has 0 fully saturated rings. The van der Waals surface area contributed by atoms with E-state index in [4.69, 9.17) is 16.0 Å². The molecule has 5 nitrogen and oxygen atoms in total. The average Bonchev–Trinajstić information content (AvgIpc) is 3.20. The highest BCUT2D eigenvalue weighted by atomic mass is 79.9. The fourth-order valence-electron chi connectivity index (χ4n) is 2.81. The zero-order valence-electron chi connectivity index (χ0n) is 15.5. The van der Waals surface area contributed by atoms with Crippen molar-refractivity contribution >= 4 is 43.3 Å². The molecule has 0 amide bonds. The van der Waals surface area contributed by atoms with E-state index in [-0.39, 0.29) is 21.7 Å². The van der Waals surface area contributed by atoms with E-state index in [0.29, 0.717) is 17.1 Å². The summed E-state index contributed by atoms with van der Waals surface area (Å²) < 4.78 is 33.2. The molecule has 1 aromatic heterocycles. The molecule has 4 rings (SSSR count). The van der Waals surface area contributed by atoms with Crippen LogP contribution in [0.3, 0.4) is 0 Å². The van der Waals surface area contributed by atoms with Crippen LogP contribution in [-0.2, 0) is 16.4 Å². The van der Waals surface area contributed by atoms with Crippen LogP contribution in [0, 0.1) is 0 Å². The Labute approximate surface area is 187 Å². The predicted molar refractivity (Wildman–Crippen MR) is 120 cm³/mol. The van der Waals surface area contributed by atoms with E-state index >= 15 is 0 Å². The standard InChI is InChI=1S/C22H16BrClN2O3S/c23-17-10-8-16(9-11-17)20-26-22(30(27,28)19-4-2-1-3-5-19)21(29-20)25-14-15-6-12-18(24)13-7-15/h1-13,25H,14H2. The summed E-state index contributed by atoms with van der Waals surface area (Å²) in [4.78, 5) is 4.48.